The smallest absolute Gasteiger partial charge is 0.213 e. The van der Waals surface area contributed by atoms with E-state index in [4.69, 9.17) is 12.2 Å². The Morgan fingerprint density at radius 2 is 1.95 bits per heavy atom. The summed E-state index contributed by atoms with van der Waals surface area (Å²) in [6.45, 7) is 1.74. The normalized spacial score (nSPS) is 14.2. The van der Waals surface area contributed by atoms with Crippen LogP contribution in [-0.4, -0.2) is 14.2 Å². The Bertz CT molecular complexity index is 642. The van der Waals surface area contributed by atoms with Crippen LogP contribution in [0.1, 0.15) is 30.5 Å². The van der Waals surface area contributed by atoms with Crippen LogP contribution in [-0.2, 0) is 25.9 Å². The first kappa shape index (κ1) is 13.4. The molecule has 20 heavy (non-hydrogen) atoms. The van der Waals surface area contributed by atoms with Crippen molar-refractivity contribution in [1.29, 1.82) is 0 Å². The van der Waals surface area contributed by atoms with E-state index in [1.54, 1.807) is 0 Å². The van der Waals surface area contributed by atoms with E-state index < -0.39 is 0 Å². The van der Waals surface area contributed by atoms with Crippen molar-refractivity contribution >= 4 is 12.2 Å². The lowest BCUT2D eigenvalue weighted by Crippen LogP contribution is -2.09. The number of benzene rings is 1. The highest BCUT2D eigenvalue weighted by molar-refractivity contribution is 7.71. The van der Waals surface area contributed by atoms with Crippen LogP contribution in [0.4, 0.5) is 0 Å². The maximum absolute atomic E-state index is 10.3. The third-order valence-corrected chi connectivity index (χ3v) is 4.48. The number of aromatic nitrogens is 2. The minimum absolute atomic E-state index is 0.391. The largest absolute Gasteiger partial charge is 0.493 e. The summed E-state index contributed by atoms with van der Waals surface area (Å²) in [4.78, 5) is 0. The molecule has 0 aliphatic carbocycles. The fourth-order valence-corrected chi connectivity index (χ4v) is 3.33. The molecule has 0 bridgehead atoms. The van der Waals surface area contributed by atoms with Crippen molar-refractivity contribution in [1.82, 2.24) is 9.13 Å². The Hall–Kier alpha value is -1.55. The average molecular weight is 288 g/mol. The maximum atomic E-state index is 10.3. The summed E-state index contributed by atoms with van der Waals surface area (Å²) in [5, 5.41) is 10.3. The Labute approximate surface area is 124 Å². The molecule has 2 aromatic rings. The Kier molecular flexibility index (Phi) is 3.92. The van der Waals surface area contributed by atoms with Crippen LogP contribution < -0.4 is 0 Å². The molecule has 3 nitrogen and oxygen atoms in total. The zero-order valence-corrected chi connectivity index (χ0v) is 12.4. The maximum Gasteiger partial charge on any atom is 0.213 e. The zero-order chi connectivity index (χ0) is 13.9. The number of aromatic hydroxyl groups is 1. The minimum atomic E-state index is 0.391. The molecule has 0 radical (unpaired) electrons. The Balaban J connectivity index is 1.72. The van der Waals surface area contributed by atoms with E-state index in [0.29, 0.717) is 5.88 Å². The van der Waals surface area contributed by atoms with Gasteiger partial charge in [-0.1, -0.05) is 30.3 Å². The summed E-state index contributed by atoms with van der Waals surface area (Å²) < 4.78 is 4.79. The van der Waals surface area contributed by atoms with Gasteiger partial charge in [-0.3, -0.25) is 4.57 Å². The summed E-state index contributed by atoms with van der Waals surface area (Å²) >= 11 is 5.50. The lowest BCUT2D eigenvalue weighted by Gasteiger charge is -2.12. The highest BCUT2D eigenvalue weighted by Gasteiger charge is 2.19. The van der Waals surface area contributed by atoms with E-state index >= 15 is 0 Å². The van der Waals surface area contributed by atoms with Crippen molar-refractivity contribution in [2.45, 2.75) is 45.2 Å². The first-order chi connectivity index (χ1) is 9.77. The number of nitrogens with zero attached hydrogens (tertiary/aromatic N) is 2. The second kappa shape index (κ2) is 5.83. The monoisotopic (exact) mass is 288 g/mol. The first-order valence-corrected chi connectivity index (χ1v) is 7.73. The van der Waals surface area contributed by atoms with Crippen LogP contribution in [0.25, 0.3) is 0 Å². The molecule has 1 aliphatic rings. The summed E-state index contributed by atoms with van der Waals surface area (Å²) in [6, 6.07) is 10.5. The molecule has 1 N–H and O–H groups in total. The van der Waals surface area contributed by atoms with Crippen molar-refractivity contribution in [3.8, 4) is 5.88 Å². The van der Waals surface area contributed by atoms with Gasteiger partial charge in [0.1, 0.15) is 0 Å². The number of hydrogen-bond acceptors (Lipinski definition) is 2. The van der Waals surface area contributed by atoms with Crippen LogP contribution in [0, 0.1) is 4.77 Å². The number of hydrogen-bond donors (Lipinski definition) is 1. The molecule has 0 spiro atoms. The van der Waals surface area contributed by atoms with Crippen LogP contribution in [0.2, 0.25) is 0 Å². The van der Waals surface area contributed by atoms with Gasteiger partial charge in [-0.2, -0.15) is 0 Å². The van der Waals surface area contributed by atoms with Gasteiger partial charge < -0.3 is 9.67 Å². The molecule has 0 unspecified atom stereocenters. The molecule has 106 valence electrons. The predicted octanol–water partition coefficient (Wildman–Crippen LogP) is 3.69. The summed E-state index contributed by atoms with van der Waals surface area (Å²) in [7, 11) is 0. The van der Waals surface area contributed by atoms with Gasteiger partial charge >= 0.3 is 0 Å². The molecule has 1 aliphatic heterocycles. The number of imidazole rings is 1. The van der Waals surface area contributed by atoms with Crippen LogP contribution in [0.15, 0.2) is 30.3 Å². The number of rotatable bonds is 4. The fraction of sp³-hybridized carbons (Fsp3) is 0.438. The second-order valence-corrected chi connectivity index (χ2v) is 5.77. The molecule has 3 rings (SSSR count). The molecule has 0 saturated heterocycles. The molecular weight excluding hydrogens is 268 g/mol. The number of fused-ring (bicyclic) bond motifs is 1. The third-order valence-electron chi connectivity index (χ3n) is 4.04. The van der Waals surface area contributed by atoms with Crippen molar-refractivity contribution < 1.29 is 5.11 Å². The van der Waals surface area contributed by atoms with E-state index in [-0.39, 0.29) is 0 Å². The van der Waals surface area contributed by atoms with Gasteiger partial charge in [-0.25, -0.2) is 0 Å². The zero-order valence-electron chi connectivity index (χ0n) is 11.6. The van der Waals surface area contributed by atoms with Gasteiger partial charge in [0.25, 0.3) is 0 Å². The lowest BCUT2D eigenvalue weighted by molar-refractivity contribution is 0.403. The van der Waals surface area contributed by atoms with Gasteiger partial charge in [-0.05, 0) is 49.9 Å². The molecule has 0 saturated carbocycles. The topological polar surface area (TPSA) is 30.1 Å². The first-order valence-electron chi connectivity index (χ1n) is 7.32. The minimum Gasteiger partial charge on any atom is -0.493 e. The van der Waals surface area contributed by atoms with Crippen LogP contribution in [0.3, 0.4) is 0 Å². The van der Waals surface area contributed by atoms with Crippen LogP contribution in [0.5, 0.6) is 5.88 Å². The van der Waals surface area contributed by atoms with Crippen LogP contribution >= 0.6 is 12.2 Å². The van der Waals surface area contributed by atoms with E-state index in [1.165, 1.54) is 5.56 Å². The predicted molar refractivity (Wildman–Crippen MR) is 82.6 cm³/mol. The van der Waals surface area contributed by atoms with Crippen molar-refractivity contribution in [3.05, 3.63) is 46.4 Å². The summed E-state index contributed by atoms with van der Waals surface area (Å²) in [6.07, 6.45) is 5.27. The highest BCUT2D eigenvalue weighted by Crippen LogP contribution is 2.27. The quantitative estimate of drug-likeness (QED) is 0.870. The average Bonchev–Trinajstić information content (AvgIpc) is 2.74. The van der Waals surface area contributed by atoms with E-state index in [9.17, 15) is 5.11 Å². The Morgan fingerprint density at radius 3 is 2.70 bits per heavy atom. The van der Waals surface area contributed by atoms with E-state index in [2.05, 4.69) is 28.8 Å². The van der Waals surface area contributed by atoms with Gasteiger partial charge in [0.15, 0.2) is 4.77 Å². The Morgan fingerprint density at radius 1 is 1.15 bits per heavy atom. The van der Waals surface area contributed by atoms with Gasteiger partial charge in [0.2, 0.25) is 5.88 Å². The van der Waals surface area contributed by atoms with Crippen molar-refractivity contribution in [3.63, 3.8) is 0 Å². The molecule has 0 atom stereocenters. The summed E-state index contributed by atoms with van der Waals surface area (Å²) in [5.74, 6) is 0.391. The van der Waals surface area contributed by atoms with Gasteiger partial charge in [0.05, 0.1) is 5.69 Å². The van der Waals surface area contributed by atoms with E-state index in [1.807, 2.05) is 10.6 Å². The molecule has 2 heterocycles. The van der Waals surface area contributed by atoms with Crippen molar-refractivity contribution in [2.24, 2.45) is 0 Å². The molecule has 4 heteroatoms. The number of aryl methyl sites for hydroxylation is 1. The summed E-state index contributed by atoms with van der Waals surface area (Å²) in [5.41, 5.74) is 2.36. The SMILES string of the molecule is Oc1c2n(c(=S)n1CCCc1ccccc1)CCCC2. The lowest BCUT2D eigenvalue weighted by atomic mass is 10.1. The molecule has 0 fully saturated rings. The van der Waals surface area contributed by atoms with Gasteiger partial charge in [0, 0.05) is 13.1 Å². The molecule has 0 amide bonds. The van der Waals surface area contributed by atoms with Crippen molar-refractivity contribution in [2.75, 3.05) is 0 Å². The highest BCUT2D eigenvalue weighted by atomic mass is 32.1. The van der Waals surface area contributed by atoms with E-state index in [0.717, 1.165) is 55.7 Å². The second-order valence-electron chi connectivity index (χ2n) is 5.40. The third kappa shape index (κ3) is 2.52. The molecule has 1 aromatic heterocycles. The fourth-order valence-electron chi connectivity index (χ4n) is 2.96. The molecular formula is C16H20N2OS. The molecule has 1 aromatic carbocycles. The standard InChI is InChI=1S/C16H20N2OS/c19-15-14-10-4-5-11-17(14)16(20)18(15)12-6-9-13-7-2-1-3-8-13/h1-3,7-8,19H,4-6,9-12H2. The van der Waals surface area contributed by atoms with Gasteiger partial charge in [-0.15, -0.1) is 0 Å².